The Morgan fingerprint density at radius 2 is 2.31 bits per heavy atom. The fourth-order valence-electron chi connectivity index (χ4n) is 1.12. The molecule has 3 heteroatoms. The van der Waals surface area contributed by atoms with Gasteiger partial charge >= 0.3 is 0 Å². The van der Waals surface area contributed by atoms with E-state index >= 15 is 0 Å². The fourth-order valence-corrected chi connectivity index (χ4v) is 1.65. The van der Waals surface area contributed by atoms with Crippen LogP contribution in [0.5, 0.6) is 0 Å². The van der Waals surface area contributed by atoms with Crippen LogP contribution < -0.4 is 0 Å². The zero-order valence-corrected chi connectivity index (χ0v) is 8.97. The minimum atomic E-state index is 0.420. The summed E-state index contributed by atoms with van der Waals surface area (Å²) in [6.07, 6.45) is 2.50. The van der Waals surface area contributed by atoms with Crippen molar-refractivity contribution >= 4 is 22.0 Å². The van der Waals surface area contributed by atoms with Gasteiger partial charge in [0.25, 0.3) is 0 Å². The van der Waals surface area contributed by atoms with Crippen molar-refractivity contribution in [3.63, 3.8) is 0 Å². The molecule has 0 spiro atoms. The van der Waals surface area contributed by atoms with Gasteiger partial charge in [-0.3, -0.25) is 0 Å². The highest BCUT2D eigenvalue weighted by Gasteiger charge is 1.98. The van der Waals surface area contributed by atoms with Crippen LogP contribution in [-0.4, -0.2) is 6.08 Å². The number of aryl methyl sites for hydroxylation is 1. The van der Waals surface area contributed by atoms with Gasteiger partial charge in [-0.2, -0.15) is 0 Å². The zero-order valence-electron chi connectivity index (χ0n) is 7.38. The van der Waals surface area contributed by atoms with E-state index in [-0.39, 0.29) is 0 Å². The molecule has 0 aliphatic carbocycles. The highest BCUT2D eigenvalue weighted by molar-refractivity contribution is 9.10. The molecule has 0 atom stereocenters. The van der Waals surface area contributed by atoms with Crippen LogP contribution in [0.25, 0.3) is 0 Å². The van der Waals surface area contributed by atoms with Gasteiger partial charge in [-0.05, 0) is 23.6 Å². The molecule has 0 aliphatic rings. The van der Waals surface area contributed by atoms with Crippen LogP contribution >= 0.6 is 15.9 Å². The third-order valence-electron chi connectivity index (χ3n) is 1.82. The molecule has 0 aromatic heterocycles. The van der Waals surface area contributed by atoms with Gasteiger partial charge in [0.2, 0.25) is 6.08 Å². The SMILES string of the molecule is CCc1cc(CN=C=O)ccc1Br. The monoisotopic (exact) mass is 239 g/mol. The largest absolute Gasteiger partial charge is 0.235 e. The van der Waals surface area contributed by atoms with Gasteiger partial charge in [0.05, 0.1) is 6.54 Å². The summed E-state index contributed by atoms with van der Waals surface area (Å²) >= 11 is 3.45. The van der Waals surface area contributed by atoms with E-state index in [2.05, 4.69) is 27.8 Å². The zero-order chi connectivity index (χ0) is 9.68. The summed E-state index contributed by atoms with van der Waals surface area (Å²) in [5.41, 5.74) is 2.28. The third-order valence-corrected chi connectivity index (χ3v) is 2.59. The molecule has 0 saturated carbocycles. The summed E-state index contributed by atoms with van der Waals surface area (Å²) in [5, 5.41) is 0. The lowest BCUT2D eigenvalue weighted by molar-refractivity contribution is 0.563. The van der Waals surface area contributed by atoms with Crippen molar-refractivity contribution in [2.24, 2.45) is 4.99 Å². The lowest BCUT2D eigenvalue weighted by atomic mass is 10.1. The lowest BCUT2D eigenvalue weighted by Crippen LogP contribution is -1.87. The smallest absolute Gasteiger partial charge is 0.211 e. The summed E-state index contributed by atoms with van der Waals surface area (Å²) in [5.74, 6) is 0. The first-order valence-corrected chi connectivity index (χ1v) is 4.88. The minimum absolute atomic E-state index is 0.420. The predicted molar refractivity (Wildman–Crippen MR) is 55.3 cm³/mol. The average Bonchev–Trinajstić information content (AvgIpc) is 2.16. The van der Waals surface area contributed by atoms with Crippen LogP contribution in [-0.2, 0) is 17.8 Å². The normalized spacial score (nSPS) is 9.38. The molecule has 0 heterocycles. The van der Waals surface area contributed by atoms with Crippen LogP contribution in [0.2, 0.25) is 0 Å². The van der Waals surface area contributed by atoms with E-state index in [0.717, 1.165) is 16.5 Å². The van der Waals surface area contributed by atoms with E-state index in [9.17, 15) is 4.79 Å². The van der Waals surface area contributed by atoms with Crippen LogP contribution in [0.15, 0.2) is 27.7 Å². The molecule has 0 aliphatic heterocycles. The second-order valence-electron chi connectivity index (χ2n) is 2.69. The van der Waals surface area contributed by atoms with Gasteiger partial charge in [0, 0.05) is 4.47 Å². The molecule has 0 bridgehead atoms. The van der Waals surface area contributed by atoms with E-state index in [1.807, 2.05) is 18.2 Å². The maximum Gasteiger partial charge on any atom is 0.235 e. The Hall–Kier alpha value is -0.920. The Bertz CT molecular complexity index is 343. The van der Waals surface area contributed by atoms with Crippen molar-refractivity contribution in [2.75, 3.05) is 0 Å². The minimum Gasteiger partial charge on any atom is -0.211 e. The third kappa shape index (κ3) is 2.79. The van der Waals surface area contributed by atoms with Gasteiger partial charge in [0.1, 0.15) is 0 Å². The van der Waals surface area contributed by atoms with Gasteiger partial charge in [-0.15, -0.1) is 0 Å². The van der Waals surface area contributed by atoms with Crippen molar-refractivity contribution in [3.05, 3.63) is 33.8 Å². The number of rotatable bonds is 3. The summed E-state index contributed by atoms with van der Waals surface area (Å²) in [6, 6.07) is 5.98. The number of aliphatic imine (C=N–C) groups is 1. The van der Waals surface area contributed by atoms with Crippen molar-refractivity contribution in [1.29, 1.82) is 0 Å². The van der Waals surface area contributed by atoms with Crippen molar-refractivity contribution in [2.45, 2.75) is 19.9 Å². The van der Waals surface area contributed by atoms with Crippen LogP contribution in [0.1, 0.15) is 18.1 Å². The van der Waals surface area contributed by atoms with Crippen molar-refractivity contribution in [1.82, 2.24) is 0 Å². The second kappa shape index (κ2) is 4.95. The maximum atomic E-state index is 9.90. The lowest BCUT2D eigenvalue weighted by Gasteiger charge is -2.02. The first kappa shape index (κ1) is 10.2. The second-order valence-corrected chi connectivity index (χ2v) is 3.54. The van der Waals surface area contributed by atoms with Gasteiger partial charge < -0.3 is 0 Å². The molecule has 1 aromatic rings. The summed E-state index contributed by atoms with van der Waals surface area (Å²) in [4.78, 5) is 13.4. The number of benzene rings is 1. The Morgan fingerprint density at radius 3 is 2.92 bits per heavy atom. The van der Waals surface area contributed by atoms with E-state index in [4.69, 9.17) is 0 Å². The summed E-state index contributed by atoms with van der Waals surface area (Å²) < 4.78 is 1.11. The standard InChI is InChI=1S/C10H10BrNO/c1-2-9-5-8(6-12-7-13)3-4-10(9)11/h3-5H,2,6H2,1H3. The highest BCUT2D eigenvalue weighted by Crippen LogP contribution is 2.19. The van der Waals surface area contributed by atoms with E-state index in [1.165, 1.54) is 11.6 Å². The summed E-state index contributed by atoms with van der Waals surface area (Å²) in [7, 11) is 0. The molecule has 1 aromatic carbocycles. The van der Waals surface area contributed by atoms with E-state index in [0.29, 0.717) is 6.54 Å². The van der Waals surface area contributed by atoms with Crippen molar-refractivity contribution in [3.8, 4) is 0 Å². The number of nitrogens with zero attached hydrogens (tertiary/aromatic N) is 1. The first-order chi connectivity index (χ1) is 6.27. The number of hydrogen-bond acceptors (Lipinski definition) is 2. The molecule has 0 amide bonds. The molecule has 0 saturated heterocycles. The molecule has 68 valence electrons. The Morgan fingerprint density at radius 1 is 1.54 bits per heavy atom. The highest BCUT2D eigenvalue weighted by atomic mass is 79.9. The molecule has 2 nitrogen and oxygen atoms in total. The molecule has 0 radical (unpaired) electrons. The molecular weight excluding hydrogens is 230 g/mol. The Kier molecular flexibility index (Phi) is 3.87. The van der Waals surface area contributed by atoms with Crippen molar-refractivity contribution < 1.29 is 4.79 Å². The van der Waals surface area contributed by atoms with E-state index in [1.54, 1.807) is 0 Å². The van der Waals surface area contributed by atoms with Crippen LogP contribution in [0, 0.1) is 0 Å². The van der Waals surface area contributed by atoms with E-state index < -0.39 is 0 Å². The Balaban J connectivity index is 2.92. The molecule has 13 heavy (non-hydrogen) atoms. The molecular formula is C10H10BrNO. The van der Waals surface area contributed by atoms with Gasteiger partial charge in [0.15, 0.2) is 0 Å². The van der Waals surface area contributed by atoms with Gasteiger partial charge in [-0.25, -0.2) is 9.79 Å². The molecule has 0 unspecified atom stereocenters. The molecule has 0 fully saturated rings. The quantitative estimate of drug-likeness (QED) is 0.590. The predicted octanol–water partition coefficient (Wildman–Crippen LogP) is 2.85. The van der Waals surface area contributed by atoms with Gasteiger partial charge in [-0.1, -0.05) is 35.0 Å². The van der Waals surface area contributed by atoms with Crippen LogP contribution in [0.4, 0.5) is 0 Å². The fraction of sp³-hybridized carbons (Fsp3) is 0.300. The number of halogens is 1. The number of carbonyl (C=O) groups excluding carboxylic acids is 1. The Labute approximate surface area is 85.8 Å². The van der Waals surface area contributed by atoms with Crippen LogP contribution in [0.3, 0.4) is 0 Å². The average molecular weight is 240 g/mol. The maximum absolute atomic E-state index is 9.90. The number of hydrogen-bond donors (Lipinski definition) is 0. The summed E-state index contributed by atoms with van der Waals surface area (Å²) in [6.45, 7) is 2.51. The molecule has 0 N–H and O–H groups in total. The molecule has 1 rings (SSSR count). The first-order valence-electron chi connectivity index (χ1n) is 4.09. The topological polar surface area (TPSA) is 29.4 Å². The number of isocyanates is 1.